The molecular weight excluding hydrogens is 605 g/mol. The number of anilines is 3. The Labute approximate surface area is 258 Å². The van der Waals surface area contributed by atoms with Crippen molar-refractivity contribution >= 4 is 76.2 Å². The minimum Gasteiger partial charge on any atom is -0.462 e. The number of nitriles is 1. The van der Waals surface area contributed by atoms with Gasteiger partial charge >= 0.3 is 5.97 Å². The lowest BCUT2D eigenvalue weighted by Gasteiger charge is -2.17. The summed E-state index contributed by atoms with van der Waals surface area (Å²) in [6, 6.07) is 6.82. The van der Waals surface area contributed by atoms with Gasteiger partial charge in [0.2, 0.25) is 17.2 Å². The van der Waals surface area contributed by atoms with Crippen LogP contribution in [0, 0.1) is 11.3 Å². The number of benzene rings is 1. The number of hydrogen-bond acceptors (Lipinski definition) is 10. The van der Waals surface area contributed by atoms with Gasteiger partial charge in [0.05, 0.1) is 18.4 Å². The summed E-state index contributed by atoms with van der Waals surface area (Å²) in [6.45, 7) is 7.92. The molecule has 14 heteroatoms. The van der Waals surface area contributed by atoms with Crippen LogP contribution in [0.1, 0.15) is 58.9 Å². The molecule has 0 unspecified atom stereocenters. The Morgan fingerprint density at radius 2 is 1.71 bits per heavy atom. The van der Waals surface area contributed by atoms with Gasteiger partial charge in [-0.25, -0.2) is 9.69 Å². The van der Waals surface area contributed by atoms with Gasteiger partial charge in [-0.3, -0.25) is 9.59 Å². The van der Waals surface area contributed by atoms with Crippen molar-refractivity contribution in [2.45, 2.75) is 58.9 Å². The summed E-state index contributed by atoms with van der Waals surface area (Å²) < 4.78 is 4.84. The Balaban J connectivity index is 0.000000260. The molecule has 0 atom stereocenters. The number of imide groups is 1. The van der Waals surface area contributed by atoms with Crippen molar-refractivity contribution in [2.24, 2.45) is 0 Å². The highest BCUT2D eigenvalue weighted by atomic mass is 35.5. The van der Waals surface area contributed by atoms with E-state index in [0.717, 1.165) is 12.8 Å². The predicted octanol–water partition coefficient (Wildman–Crippen LogP) is 5.90. The van der Waals surface area contributed by atoms with Crippen molar-refractivity contribution in [2.75, 3.05) is 28.7 Å². The monoisotopic (exact) mass is 633 g/mol. The Morgan fingerprint density at radius 3 is 2.29 bits per heavy atom. The van der Waals surface area contributed by atoms with Gasteiger partial charge in [-0.05, 0) is 94.8 Å². The van der Waals surface area contributed by atoms with E-state index in [4.69, 9.17) is 44.8 Å². The number of nitrogens with zero attached hydrogens (tertiary/aromatic N) is 5. The summed E-state index contributed by atoms with van der Waals surface area (Å²) in [5.41, 5.74) is 1.29. The van der Waals surface area contributed by atoms with Crippen LogP contribution in [0.3, 0.4) is 0 Å². The molecule has 0 spiro atoms. The molecule has 2 aromatic rings. The van der Waals surface area contributed by atoms with E-state index in [1.54, 1.807) is 39.0 Å². The number of halogens is 3. The molecule has 2 aliphatic rings. The molecule has 0 bridgehead atoms. The highest BCUT2D eigenvalue weighted by Gasteiger charge is 2.39. The van der Waals surface area contributed by atoms with E-state index in [2.05, 4.69) is 31.7 Å². The number of esters is 1. The molecule has 1 aliphatic carbocycles. The van der Waals surface area contributed by atoms with Crippen molar-refractivity contribution in [1.82, 2.24) is 15.0 Å². The van der Waals surface area contributed by atoms with Gasteiger partial charge in [-0.15, -0.1) is 0 Å². The summed E-state index contributed by atoms with van der Waals surface area (Å²) in [5.74, 6) is -0.556. The lowest BCUT2D eigenvalue weighted by Crippen LogP contribution is -2.31. The third kappa shape index (κ3) is 8.18. The summed E-state index contributed by atoms with van der Waals surface area (Å²) in [5, 5.41) is 14.9. The van der Waals surface area contributed by atoms with Gasteiger partial charge < -0.3 is 15.4 Å². The Morgan fingerprint density at radius 1 is 1.10 bits per heavy atom. The number of carbonyl (C=O) groups excluding carboxylic acids is 3. The minimum atomic E-state index is -0.756. The van der Waals surface area contributed by atoms with E-state index >= 15 is 0 Å². The molecule has 222 valence electrons. The first kappa shape index (κ1) is 32.8. The van der Waals surface area contributed by atoms with Crippen LogP contribution in [0.15, 0.2) is 34.4 Å². The summed E-state index contributed by atoms with van der Waals surface area (Å²) in [4.78, 5) is 50.0. The largest absolute Gasteiger partial charge is 0.462 e. The summed E-state index contributed by atoms with van der Waals surface area (Å²) in [6.07, 6.45) is 4.45. The second-order valence-corrected chi connectivity index (χ2v) is 10.8. The van der Waals surface area contributed by atoms with Crippen LogP contribution in [0.25, 0.3) is 6.08 Å². The van der Waals surface area contributed by atoms with Crippen LogP contribution in [0.5, 0.6) is 0 Å². The van der Waals surface area contributed by atoms with Crippen LogP contribution in [0.4, 0.5) is 17.6 Å². The Hall–Kier alpha value is -3.72. The van der Waals surface area contributed by atoms with Crippen molar-refractivity contribution in [3.8, 4) is 6.07 Å². The fraction of sp³-hybridized carbons (Fsp3) is 0.393. The van der Waals surface area contributed by atoms with Gasteiger partial charge in [0.15, 0.2) is 0 Å². The predicted molar refractivity (Wildman–Crippen MR) is 162 cm³/mol. The molecule has 4 rings (SSSR count). The first-order valence-electron chi connectivity index (χ1n) is 13.2. The van der Waals surface area contributed by atoms with Gasteiger partial charge in [-0.2, -0.15) is 20.2 Å². The van der Waals surface area contributed by atoms with Crippen molar-refractivity contribution in [3.63, 3.8) is 0 Å². The number of amides is 2. The molecule has 0 radical (unpaired) electrons. The molecule has 0 saturated heterocycles. The number of aromatic nitrogens is 3. The molecule has 0 fully saturated rings. The van der Waals surface area contributed by atoms with E-state index < -0.39 is 11.5 Å². The van der Waals surface area contributed by atoms with Crippen LogP contribution >= 0.6 is 34.8 Å². The normalized spacial score (nSPS) is 15.0. The molecule has 1 aromatic heterocycles. The van der Waals surface area contributed by atoms with Crippen LogP contribution in [0.2, 0.25) is 10.3 Å². The Bertz CT molecular complexity index is 1460. The van der Waals surface area contributed by atoms with Crippen LogP contribution < -0.4 is 15.5 Å². The molecule has 11 nitrogen and oxygen atoms in total. The first-order chi connectivity index (χ1) is 19.9. The molecule has 1 aliphatic heterocycles. The molecule has 42 heavy (non-hydrogen) atoms. The Kier molecular flexibility index (Phi) is 11.3. The summed E-state index contributed by atoms with van der Waals surface area (Å²) in [7, 11) is 0. The lowest BCUT2D eigenvalue weighted by molar-refractivity contribution is -0.137. The molecule has 2 heterocycles. The van der Waals surface area contributed by atoms with Gasteiger partial charge in [0.25, 0.3) is 11.8 Å². The smallest absolute Gasteiger partial charge is 0.349 e. The molecule has 2 N–H and O–H groups in total. The fourth-order valence-corrected chi connectivity index (χ4v) is 4.61. The molecule has 1 aromatic carbocycles. The van der Waals surface area contributed by atoms with E-state index in [1.165, 1.54) is 11.0 Å². The van der Waals surface area contributed by atoms with Crippen molar-refractivity contribution in [3.05, 3.63) is 50.2 Å². The zero-order chi connectivity index (χ0) is 31.0. The van der Waals surface area contributed by atoms with E-state index in [1.807, 2.05) is 6.92 Å². The van der Waals surface area contributed by atoms with Crippen LogP contribution in [-0.2, 0) is 19.1 Å². The number of ether oxygens (including phenoxy) is 1. The number of rotatable bonds is 8. The highest BCUT2D eigenvalue weighted by Crippen LogP contribution is 2.37. The second kappa shape index (κ2) is 14.4. The molecular formula is C28H30Cl3N7O4. The maximum atomic E-state index is 12.7. The van der Waals surface area contributed by atoms with E-state index in [-0.39, 0.29) is 34.7 Å². The molecule has 0 saturated carbocycles. The van der Waals surface area contributed by atoms with Crippen molar-refractivity contribution < 1.29 is 19.1 Å². The van der Waals surface area contributed by atoms with Gasteiger partial charge in [0, 0.05) is 22.7 Å². The molecule has 2 amide bonds. The number of nitrogens with one attached hydrogen (secondary N) is 2. The maximum absolute atomic E-state index is 12.7. The zero-order valence-electron chi connectivity index (χ0n) is 23.6. The zero-order valence-corrected chi connectivity index (χ0v) is 25.8. The summed E-state index contributed by atoms with van der Waals surface area (Å²) >= 11 is 17.9. The number of hydrogen-bond donors (Lipinski definition) is 2. The van der Waals surface area contributed by atoms with Gasteiger partial charge in [-0.1, -0.05) is 23.2 Å². The highest BCUT2D eigenvalue weighted by molar-refractivity contribution is 6.43. The average Bonchev–Trinajstić information content (AvgIpc) is 3.19. The first-order valence-corrected chi connectivity index (χ1v) is 14.3. The standard InChI is InChI=1S/C19H17Cl2NO4.C9H13ClN6/c1-2-26-19(25)16(21)10-11-9-12(7-8-15(11)20)22-17(23)13-5-3-4-6-14(13)18(22)24;1-4-12-7-13-6(10)14-8(15-7)16-9(2,3)5-11/h7-10H,2-6H2,1H3;4H2,1-3H3,(H2,12,13,14,15,16)/b16-10-;. The van der Waals surface area contributed by atoms with E-state index in [9.17, 15) is 14.4 Å². The topological polar surface area (TPSA) is 150 Å². The van der Waals surface area contributed by atoms with Gasteiger partial charge in [0.1, 0.15) is 10.6 Å². The lowest BCUT2D eigenvalue weighted by atomic mass is 9.93. The third-order valence-electron chi connectivity index (χ3n) is 6.03. The van der Waals surface area contributed by atoms with Crippen molar-refractivity contribution in [1.29, 1.82) is 5.26 Å². The van der Waals surface area contributed by atoms with E-state index in [0.29, 0.717) is 52.8 Å². The minimum absolute atomic E-state index is 0.0854. The quantitative estimate of drug-likeness (QED) is 0.204. The fourth-order valence-electron chi connectivity index (χ4n) is 4.10. The SMILES string of the molecule is CCNc1nc(Cl)nc(NC(C)(C)C#N)n1.CCOC(=O)/C(Cl)=C/c1cc(N2C(=O)C3=C(CCCC3)C2=O)ccc1Cl. The van der Waals surface area contributed by atoms with Crippen LogP contribution in [-0.4, -0.2) is 51.4 Å². The third-order valence-corrected chi connectivity index (χ3v) is 6.80. The average molecular weight is 635 g/mol. The second-order valence-electron chi connectivity index (χ2n) is 9.67. The maximum Gasteiger partial charge on any atom is 0.349 e. The number of carbonyl (C=O) groups is 3.